The molecule has 0 spiro atoms. The van der Waals surface area contributed by atoms with E-state index in [0.29, 0.717) is 11.3 Å². The largest absolute Gasteiger partial charge is 0.398 e. The highest BCUT2D eigenvalue weighted by atomic mass is 14.6. The van der Waals surface area contributed by atoms with Gasteiger partial charge in [-0.3, -0.25) is 0 Å². The van der Waals surface area contributed by atoms with Gasteiger partial charge in [-0.1, -0.05) is 19.6 Å². The minimum absolute atomic E-state index is 0. The van der Waals surface area contributed by atoms with Crippen molar-refractivity contribution < 1.29 is 0 Å². The number of benzene rings is 1. The van der Waals surface area contributed by atoms with Gasteiger partial charge in [-0.2, -0.15) is 5.26 Å². The van der Waals surface area contributed by atoms with Crippen molar-refractivity contribution in [3.8, 4) is 6.07 Å². The van der Waals surface area contributed by atoms with Crippen LogP contribution >= 0.6 is 0 Å². The van der Waals surface area contributed by atoms with Crippen molar-refractivity contribution in [3.63, 3.8) is 0 Å². The molecule has 0 saturated carbocycles. The molecule has 0 saturated heterocycles. The molecule has 0 bridgehead atoms. The lowest BCUT2D eigenvalue weighted by Crippen LogP contribution is -1.87. The normalized spacial score (nSPS) is 7.50. The second-order valence-electron chi connectivity index (χ2n) is 1.70. The Morgan fingerprint density at radius 3 is 2.30 bits per heavy atom. The van der Waals surface area contributed by atoms with Gasteiger partial charge in [0.25, 0.3) is 0 Å². The molecule has 2 nitrogen and oxygen atoms in total. The molecule has 1 aromatic carbocycles. The fourth-order valence-electron chi connectivity index (χ4n) is 0.599. The SMILES string of the molecule is C.N#Cc1ccccc1N. The lowest BCUT2D eigenvalue weighted by atomic mass is 10.2. The van der Waals surface area contributed by atoms with Gasteiger partial charge >= 0.3 is 0 Å². The van der Waals surface area contributed by atoms with E-state index in [0.717, 1.165) is 0 Å². The Hall–Kier alpha value is -1.49. The molecule has 2 N–H and O–H groups in total. The van der Waals surface area contributed by atoms with E-state index in [1.54, 1.807) is 24.3 Å². The van der Waals surface area contributed by atoms with Gasteiger partial charge in [-0.15, -0.1) is 0 Å². The topological polar surface area (TPSA) is 49.8 Å². The molecular weight excluding hydrogens is 124 g/mol. The second-order valence-corrected chi connectivity index (χ2v) is 1.70. The van der Waals surface area contributed by atoms with Crippen LogP contribution in [0.3, 0.4) is 0 Å². The molecule has 0 atom stereocenters. The van der Waals surface area contributed by atoms with E-state index in [1.165, 1.54) is 0 Å². The standard InChI is InChI=1S/C7H6N2.CH4/c8-5-6-3-1-2-4-7(6)9;/h1-4H,9H2;1H4. The van der Waals surface area contributed by atoms with Gasteiger partial charge in [-0.05, 0) is 12.1 Å². The summed E-state index contributed by atoms with van der Waals surface area (Å²) in [7, 11) is 0. The first-order valence-corrected chi connectivity index (χ1v) is 2.59. The zero-order chi connectivity index (χ0) is 6.69. The van der Waals surface area contributed by atoms with Gasteiger partial charge in [0.2, 0.25) is 0 Å². The van der Waals surface area contributed by atoms with E-state index >= 15 is 0 Å². The monoisotopic (exact) mass is 134 g/mol. The fraction of sp³-hybridized carbons (Fsp3) is 0.125. The third kappa shape index (κ3) is 1.49. The molecule has 1 rings (SSSR count). The van der Waals surface area contributed by atoms with E-state index in [-0.39, 0.29) is 7.43 Å². The summed E-state index contributed by atoms with van der Waals surface area (Å²) in [6.45, 7) is 0. The predicted octanol–water partition coefficient (Wildman–Crippen LogP) is 1.78. The lowest BCUT2D eigenvalue weighted by Gasteiger charge is -1.91. The number of hydrogen-bond donors (Lipinski definition) is 1. The van der Waals surface area contributed by atoms with Crippen molar-refractivity contribution in [1.29, 1.82) is 5.26 Å². The average Bonchev–Trinajstić information content (AvgIpc) is 1.89. The molecule has 0 aromatic heterocycles. The number of rotatable bonds is 0. The maximum absolute atomic E-state index is 8.39. The second kappa shape index (κ2) is 3.52. The molecule has 0 radical (unpaired) electrons. The Morgan fingerprint density at radius 2 is 1.90 bits per heavy atom. The molecule has 52 valence electrons. The highest BCUT2D eigenvalue weighted by Crippen LogP contribution is 2.06. The van der Waals surface area contributed by atoms with Crippen molar-refractivity contribution in [2.24, 2.45) is 0 Å². The van der Waals surface area contributed by atoms with Crippen LogP contribution in [0, 0.1) is 11.3 Å². The number of para-hydroxylation sites is 1. The van der Waals surface area contributed by atoms with Crippen LogP contribution in [0.2, 0.25) is 0 Å². The smallest absolute Gasteiger partial charge is 0.101 e. The highest BCUT2D eigenvalue weighted by Gasteiger charge is 1.90. The van der Waals surface area contributed by atoms with Crippen molar-refractivity contribution in [2.75, 3.05) is 5.73 Å². The van der Waals surface area contributed by atoms with Crippen LogP contribution in [0.5, 0.6) is 0 Å². The Balaban J connectivity index is 0.000000810. The molecule has 0 unspecified atom stereocenters. The van der Waals surface area contributed by atoms with Crippen LogP contribution in [-0.4, -0.2) is 0 Å². The highest BCUT2D eigenvalue weighted by molar-refractivity contribution is 5.53. The van der Waals surface area contributed by atoms with Crippen molar-refractivity contribution >= 4 is 5.69 Å². The van der Waals surface area contributed by atoms with Crippen LogP contribution < -0.4 is 5.73 Å². The first kappa shape index (κ1) is 8.51. The van der Waals surface area contributed by atoms with Gasteiger partial charge < -0.3 is 5.73 Å². The maximum atomic E-state index is 8.39. The Labute approximate surface area is 60.9 Å². The number of anilines is 1. The summed E-state index contributed by atoms with van der Waals surface area (Å²) in [6, 6.07) is 8.96. The number of nitrogens with two attached hydrogens (primary N) is 1. The maximum Gasteiger partial charge on any atom is 0.101 e. The summed E-state index contributed by atoms with van der Waals surface area (Å²) in [4.78, 5) is 0. The molecule has 0 heterocycles. The number of nitrogens with zero attached hydrogens (tertiary/aromatic N) is 1. The molecule has 0 aliphatic carbocycles. The van der Waals surface area contributed by atoms with Gasteiger partial charge in [0.1, 0.15) is 6.07 Å². The third-order valence-corrected chi connectivity index (χ3v) is 1.08. The molecule has 0 amide bonds. The van der Waals surface area contributed by atoms with E-state index in [2.05, 4.69) is 0 Å². The van der Waals surface area contributed by atoms with Crippen LogP contribution in [0.15, 0.2) is 24.3 Å². The van der Waals surface area contributed by atoms with Crippen LogP contribution in [0.4, 0.5) is 5.69 Å². The molecule has 2 heteroatoms. The average molecular weight is 134 g/mol. The Morgan fingerprint density at radius 1 is 1.30 bits per heavy atom. The minimum atomic E-state index is 0. The number of hydrogen-bond acceptors (Lipinski definition) is 2. The molecule has 10 heavy (non-hydrogen) atoms. The molecule has 0 fully saturated rings. The Kier molecular flexibility index (Phi) is 2.99. The Bertz CT molecular complexity index is 248. The summed E-state index contributed by atoms with van der Waals surface area (Å²) in [5, 5.41) is 8.39. The summed E-state index contributed by atoms with van der Waals surface area (Å²) < 4.78 is 0. The first-order valence-electron chi connectivity index (χ1n) is 2.59. The molecule has 0 aliphatic heterocycles. The van der Waals surface area contributed by atoms with E-state index in [4.69, 9.17) is 11.0 Å². The fourth-order valence-corrected chi connectivity index (χ4v) is 0.599. The summed E-state index contributed by atoms with van der Waals surface area (Å²) >= 11 is 0. The van der Waals surface area contributed by atoms with Gasteiger partial charge in [0.15, 0.2) is 0 Å². The summed E-state index contributed by atoms with van der Waals surface area (Å²) in [5.74, 6) is 0. The van der Waals surface area contributed by atoms with E-state index in [9.17, 15) is 0 Å². The minimum Gasteiger partial charge on any atom is -0.398 e. The third-order valence-electron chi connectivity index (χ3n) is 1.08. The zero-order valence-corrected chi connectivity index (χ0v) is 4.83. The summed E-state index contributed by atoms with van der Waals surface area (Å²) in [6.07, 6.45) is 0. The van der Waals surface area contributed by atoms with Gasteiger partial charge in [0, 0.05) is 5.69 Å². The van der Waals surface area contributed by atoms with E-state index < -0.39 is 0 Å². The van der Waals surface area contributed by atoms with Crippen molar-refractivity contribution in [3.05, 3.63) is 29.8 Å². The van der Waals surface area contributed by atoms with Crippen LogP contribution in [0.1, 0.15) is 13.0 Å². The lowest BCUT2D eigenvalue weighted by molar-refractivity contribution is 1.48. The number of nitriles is 1. The molecule has 0 aliphatic rings. The molecule has 1 aromatic rings. The van der Waals surface area contributed by atoms with E-state index in [1.807, 2.05) is 6.07 Å². The van der Waals surface area contributed by atoms with Crippen molar-refractivity contribution in [2.45, 2.75) is 7.43 Å². The number of nitrogen functional groups attached to an aromatic ring is 1. The van der Waals surface area contributed by atoms with Crippen LogP contribution in [-0.2, 0) is 0 Å². The van der Waals surface area contributed by atoms with Gasteiger partial charge in [-0.25, -0.2) is 0 Å². The first-order chi connectivity index (χ1) is 4.34. The quantitative estimate of drug-likeness (QED) is 0.550. The molecular formula is C8H10N2. The van der Waals surface area contributed by atoms with Gasteiger partial charge in [0.05, 0.1) is 5.56 Å². The zero-order valence-electron chi connectivity index (χ0n) is 4.83. The van der Waals surface area contributed by atoms with Crippen molar-refractivity contribution in [1.82, 2.24) is 0 Å². The van der Waals surface area contributed by atoms with Crippen LogP contribution in [0.25, 0.3) is 0 Å². The predicted molar refractivity (Wildman–Crippen MR) is 42.3 cm³/mol. The summed E-state index contributed by atoms with van der Waals surface area (Å²) in [5.41, 5.74) is 6.49.